The van der Waals surface area contributed by atoms with Crippen molar-refractivity contribution in [3.8, 4) is 5.69 Å². The van der Waals surface area contributed by atoms with Gasteiger partial charge in [0.2, 0.25) is 0 Å². The summed E-state index contributed by atoms with van der Waals surface area (Å²) in [6, 6.07) is 9.90. The number of benzene rings is 1. The van der Waals surface area contributed by atoms with Crippen LogP contribution in [0.2, 0.25) is 0 Å². The lowest BCUT2D eigenvalue weighted by Gasteiger charge is -2.32. The van der Waals surface area contributed by atoms with Crippen LogP contribution >= 0.6 is 0 Å². The number of fused-ring (bicyclic) bond motifs is 1. The molecule has 0 bridgehead atoms. The molecule has 126 valence electrons. The number of aromatic nitrogens is 3. The molecule has 0 spiro atoms. The summed E-state index contributed by atoms with van der Waals surface area (Å²) in [5.74, 6) is 0.122. The molecule has 0 fully saturated rings. The van der Waals surface area contributed by atoms with Gasteiger partial charge in [0.25, 0.3) is 0 Å². The Hall–Kier alpha value is -2.95. The Bertz CT molecular complexity index is 970. The molecule has 0 aliphatic carbocycles. The van der Waals surface area contributed by atoms with Gasteiger partial charge in [0.15, 0.2) is 5.78 Å². The van der Waals surface area contributed by atoms with E-state index >= 15 is 0 Å². The average Bonchev–Trinajstić information content (AvgIpc) is 3.09. The minimum absolute atomic E-state index is 0.122. The van der Waals surface area contributed by atoms with E-state index in [0.29, 0.717) is 0 Å². The summed E-state index contributed by atoms with van der Waals surface area (Å²) in [4.78, 5) is 23.7. The zero-order valence-electron chi connectivity index (χ0n) is 14.8. The number of carbonyl (C=O) groups excluding carboxylic acids is 1. The van der Waals surface area contributed by atoms with Gasteiger partial charge in [0.05, 0.1) is 29.6 Å². The van der Waals surface area contributed by atoms with Crippen LogP contribution in [0.25, 0.3) is 5.69 Å². The van der Waals surface area contributed by atoms with Crippen molar-refractivity contribution in [2.75, 3.05) is 4.90 Å². The monoisotopic (exact) mass is 332 g/mol. The maximum absolute atomic E-state index is 12.9. The molecular formula is C20H20N4O. The number of aryl methyl sites for hydroxylation is 2. The summed E-state index contributed by atoms with van der Waals surface area (Å²) in [7, 11) is 0. The van der Waals surface area contributed by atoms with Gasteiger partial charge < -0.3 is 9.47 Å². The lowest BCUT2D eigenvalue weighted by atomic mass is 9.97. The number of ketones is 1. The minimum Gasteiger partial charge on any atom is -0.326 e. The predicted molar refractivity (Wildman–Crippen MR) is 97.8 cm³/mol. The number of hydrogen-bond acceptors (Lipinski definition) is 4. The Morgan fingerprint density at radius 3 is 2.36 bits per heavy atom. The summed E-state index contributed by atoms with van der Waals surface area (Å²) >= 11 is 0. The molecule has 0 amide bonds. The van der Waals surface area contributed by atoms with Crippen molar-refractivity contribution >= 4 is 17.2 Å². The molecule has 4 rings (SSSR count). The molecule has 5 nitrogen and oxygen atoms in total. The van der Waals surface area contributed by atoms with E-state index in [1.807, 2.05) is 75.0 Å². The third kappa shape index (κ3) is 2.35. The van der Waals surface area contributed by atoms with Crippen LogP contribution < -0.4 is 4.90 Å². The first-order chi connectivity index (χ1) is 11.9. The van der Waals surface area contributed by atoms with Crippen LogP contribution in [-0.4, -0.2) is 25.9 Å². The molecule has 0 unspecified atom stereocenters. The molecule has 1 aliphatic rings. The normalized spacial score (nSPS) is 15.5. The molecule has 0 saturated heterocycles. The van der Waals surface area contributed by atoms with E-state index in [9.17, 15) is 4.79 Å². The maximum atomic E-state index is 12.9. The fourth-order valence-electron chi connectivity index (χ4n) is 3.41. The molecule has 3 aromatic rings. The molecule has 0 N–H and O–H groups in total. The smallest absolute Gasteiger partial charge is 0.190 e. The Morgan fingerprint density at radius 1 is 0.960 bits per heavy atom. The highest BCUT2D eigenvalue weighted by molar-refractivity contribution is 6.15. The standard InChI is InChI=1S/C20H20N4O/c1-13-5-6-16(10-21-13)24-18-9-15(23-11-14(2)22-12-23)7-8-17(18)19(25)20(24,3)4/h5-12H,1-4H3. The van der Waals surface area contributed by atoms with E-state index in [4.69, 9.17) is 0 Å². The Labute approximate surface area is 147 Å². The van der Waals surface area contributed by atoms with Crippen LogP contribution in [-0.2, 0) is 0 Å². The van der Waals surface area contributed by atoms with Gasteiger partial charge in [-0.25, -0.2) is 4.98 Å². The summed E-state index contributed by atoms with van der Waals surface area (Å²) < 4.78 is 1.97. The van der Waals surface area contributed by atoms with E-state index in [1.165, 1.54) is 0 Å². The highest BCUT2D eigenvalue weighted by Gasteiger charge is 2.45. The van der Waals surface area contributed by atoms with Gasteiger partial charge >= 0.3 is 0 Å². The summed E-state index contributed by atoms with van der Waals surface area (Å²) in [5, 5.41) is 0. The first-order valence-corrected chi connectivity index (χ1v) is 8.30. The van der Waals surface area contributed by atoms with Gasteiger partial charge in [-0.05, 0) is 58.0 Å². The van der Waals surface area contributed by atoms with E-state index in [2.05, 4.69) is 14.9 Å². The second-order valence-corrected chi connectivity index (χ2v) is 7.01. The third-order valence-electron chi connectivity index (χ3n) is 4.75. The molecule has 0 saturated carbocycles. The molecule has 0 radical (unpaired) electrons. The quantitative estimate of drug-likeness (QED) is 0.712. The molecule has 2 aromatic heterocycles. The van der Waals surface area contributed by atoms with Crippen LogP contribution in [0.4, 0.5) is 11.4 Å². The summed E-state index contributed by atoms with van der Waals surface area (Å²) in [6.45, 7) is 7.82. The fraction of sp³-hybridized carbons (Fsp3) is 0.250. The van der Waals surface area contributed by atoms with Crippen molar-refractivity contribution in [3.63, 3.8) is 0 Å². The predicted octanol–water partition coefficient (Wildman–Crippen LogP) is 4.00. The topological polar surface area (TPSA) is 51.0 Å². The molecule has 1 aromatic carbocycles. The van der Waals surface area contributed by atoms with Crippen LogP contribution in [0.3, 0.4) is 0 Å². The number of carbonyl (C=O) groups is 1. The zero-order valence-corrected chi connectivity index (χ0v) is 14.8. The van der Waals surface area contributed by atoms with Crippen molar-refractivity contribution in [1.82, 2.24) is 14.5 Å². The van der Waals surface area contributed by atoms with Crippen molar-refractivity contribution < 1.29 is 4.79 Å². The second-order valence-electron chi connectivity index (χ2n) is 7.01. The maximum Gasteiger partial charge on any atom is 0.190 e. The van der Waals surface area contributed by atoms with Gasteiger partial charge in [-0.1, -0.05) is 0 Å². The van der Waals surface area contributed by atoms with Crippen molar-refractivity contribution in [2.24, 2.45) is 0 Å². The molecule has 0 atom stereocenters. The van der Waals surface area contributed by atoms with Gasteiger partial charge in [-0.2, -0.15) is 0 Å². The largest absolute Gasteiger partial charge is 0.326 e. The van der Waals surface area contributed by atoms with E-state index in [0.717, 1.165) is 34.0 Å². The van der Waals surface area contributed by atoms with Crippen LogP contribution in [0.15, 0.2) is 49.1 Å². The highest BCUT2D eigenvalue weighted by atomic mass is 16.1. The number of rotatable bonds is 2. The van der Waals surface area contributed by atoms with Crippen molar-refractivity contribution in [1.29, 1.82) is 0 Å². The number of pyridine rings is 1. The lowest BCUT2D eigenvalue weighted by molar-refractivity contribution is 0.0929. The first-order valence-electron chi connectivity index (χ1n) is 8.30. The Balaban J connectivity index is 1.89. The fourth-order valence-corrected chi connectivity index (χ4v) is 3.41. The Morgan fingerprint density at radius 2 is 1.72 bits per heavy atom. The number of anilines is 2. The van der Waals surface area contributed by atoms with Crippen LogP contribution in [0.5, 0.6) is 0 Å². The third-order valence-corrected chi connectivity index (χ3v) is 4.75. The SMILES string of the molecule is Cc1ccc(N2c3cc(-n4cnc(C)c4)ccc3C(=O)C2(C)C)cn1. The molecule has 1 aliphatic heterocycles. The first kappa shape index (κ1) is 15.6. The van der Waals surface area contributed by atoms with Gasteiger partial charge in [-0.15, -0.1) is 0 Å². The van der Waals surface area contributed by atoms with Crippen LogP contribution in [0.1, 0.15) is 35.6 Å². The zero-order chi connectivity index (χ0) is 17.8. The molecule has 3 heterocycles. The number of nitrogens with zero attached hydrogens (tertiary/aromatic N) is 4. The molecule has 5 heteroatoms. The number of imidazole rings is 1. The van der Waals surface area contributed by atoms with Gasteiger partial charge in [0.1, 0.15) is 5.54 Å². The number of hydrogen-bond donors (Lipinski definition) is 0. The number of Topliss-reactive ketones (excluding diaryl/α,β-unsaturated/α-hetero) is 1. The van der Waals surface area contributed by atoms with Gasteiger partial charge in [-0.3, -0.25) is 9.78 Å². The van der Waals surface area contributed by atoms with E-state index in [-0.39, 0.29) is 5.78 Å². The highest BCUT2D eigenvalue weighted by Crippen LogP contribution is 2.44. The Kier molecular flexibility index (Phi) is 3.29. The van der Waals surface area contributed by atoms with Crippen LogP contribution in [0, 0.1) is 13.8 Å². The van der Waals surface area contributed by atoms with Crippen molar-refractivity contribution in [2.45, 2.75) is 33.2 Å². The summed E-state index contributed by atoms with van der Waals surface area (Å²) in [5.41, 5.74) is 4.81. The van der Waals surface area contributed by atoms with E-state index < -0.39 is 5.54 Å². The molecular weight excluding hydrogens is 312 g/mol. The summed E-state index contributed by atoms with van der Waals surface area (Å²) in [6.07, 6.45) is 5.59. The average molecular weight is 332 g/mol. The van der Waals surface area contributed by atoms with Gasteiger partial charge in [0, 0.05) is 23.1 Å². The second kappa shape index (κ2) is 5.28. The molecule has 25 heavy (non-hydrogen) atoms. The van der Waals surface area contributed by atoms with E-state index in [1.54, 1.807) is 6.33 Å². The minimum atomic E-state index is -0.650. The van der Waals surface area contributed by atoms with Crippen molar-refractivity contribution in [3.05, 3.63) is 66.0 Å². The lowest BCUT2D eigenvalue weighted by Crippen LogP contribution is -2.42.